The molecule has 7 heteroatoms. The molecule has 0 unspecified atom stereocenters. The molecule has 2 N–H and O–H groups in total. The average Bonchev–Trinajstić information content (AvgIpc) is 3.31. The number of benzene rings is 1. The summed E-state index contributed by atoms with van der Waals surface area (Å²) in [6.45, 7) is 4.26. The molecule has 0 amide bonds. The maximum Gasteiger partial charge on any atom is 0.286 e. The van der Waals surface area contributed by atoms with Gasteiger partial charge in [-0.3, -0.25) is 0 Å². The second kappa shape index (κ2) is 7.49. The minimum atomic E-state index is 0.512. The summed E-state index contributed by atoms with van der Waals surface area (Å²) in [4.78, 5) is 4.22. The molecule has 1 aromatic carbocycles. The molecular weight excluding hydrogens is 340 g/mol. The molecule has 0 bridgehead atoms. The van der Waals surface area contributed by atoms with Crippen molar-refractivity contribution in [3.63, 3.8) is 0 Å². The van der Waals surface area contributed by atoms with E-state index in [2.05, 4.69) is 68.2 Å². The summed E-state index contributed by atoms with van der Waals surface area (Å²) < 4.78 is 10.3. The van der Waals surface area contributed by atoms with Crippen LogP contribution in [-0.2, 0) is 13.7 Å². The number of pyridine rings is 1. The van der Waals surface area contributed by atoms with Crippen molar-refractivity contribution in [2.75, 3.05) is 13.1 Å². The fourth-order valence-electron chi connectivity index (χ4n) is 3.02. The summed E-state index contributed by atoms with van der Waals surface area (Å²) in [5.41, 5.74) is 7.34. The zero-order valence-electron chi connectivity index (χ0n) is 15.5. The fraction of sp³-hybridized carbons (Fsp3) is 0.250. The Labute approximate surface area is 158 Å². The third-order valence-electron chi connectivity index (χ3n) is 4.59. The lowest BCUT2D eigenvalue weighted by Crippen LogP contribution is -2.30. The van der Waals surface area contributed by atoms with E-state index in [0.717, 1.165) is 35.7 Å². The molecular formula is C20H23N6O+. The van der Waals surface area contributed by atoms with Crippen molar-refractivity contribution in [3.8, 4) is 5.75 Å². The standard InChI is InChI=1S/C20H23N6O/c1-15-4-3-5-19-25(2)17(13-26(15)19)14-27-18-8-6-16(7-9-18)12-23-24-20-21-10-11-22-20/h3-9,12-13H,10-11,14H2,1-2H3,(H2,21,22,24)/q+1/b23-12+. The summed E-state index contributed by atoms with van der Waals surface area (Å²) in [5.74, 6) is 1.54. The zero-order valence-corrected chi connectivity index (χ0v) is 15.5. The molecule has 138 valence electrons. The van der Waals surface area contributed by atoms with Gasteiger partial charge in [-0.2, -0.15) is 9.50 Å². The van der Waals surface area contributed by atoms with Crippen LogP contribution < -0.4 is 19.9 Å². The highest BCUT2D eigenvalue weighted by molar-refractivity contribution is 5.84. The van der Waals surface area contributed by atoms with Crippen LogP contribution in [0.3, 0.4) is 0 Å². The summed E-state index contributed by atoms with van der Waals surface area (Å²) in [6, 6.07) is 14.1. The highest BCUT2D eigenvalue weighted by Gasteiger charge is 2.15. The quantitative estimate of drug-likeness (QED) is 0.410. The number of aromatic nitrogens is 2. The van der Waals surface area contributed by atoms with Gasteiger partial charge in [-0.1, -0.05) is 6.07 Å². The van der Waals surface area contributed by atoms with E-state index in [1.807, 2.05) is 24.3 Å². The maximum absolute atomic E-state index is 5.96. The monoisotopic (exact) mass is 363 g/mol. The van der Waals surface area contributed by atoms with Gasteiger partial charge in [-0.05, 0) is 42.8 Å². The number of hydrogen-bond acceptors (Lipinski definition) is 5. The lowest BCUT2D eigenvalue weighted by molar-refractivity contribution is -0.518. The van der Waals surface area contributed by atoms with Gasteiger partial charge in [0.15, 0.2) is 12.3 Å². The maximum atomic E-state index is 5.96. The van der Waals surface area contributed by atoms with Crippen molar-refractivity contribution >= 4 is 17.8 Å². The highest BCUT2D eigenvalue weighted by atomic mass is 16.5. The van der Waals surface area contributed by atoms with Gasteiger partial charge in [0.25, 0.3) is 5.65 Å². The van der Waals surface area contributed by atoms with Crippen molar-refractivity contribution in [2.45, 2.75) is 13.5 Å². The van der Waals surface area contributed by atoms with Gasteiger partial charge in [0, 0.05) is 12.6 Å². The molecule has 7 nitrogen and oxygen atoms in total. The number of rotatable bonds is 5. The van der Waals surface area contributed by atoms with Crippen molar-refractivity contribution in [1.29, 1.82) is 0 Å². The molecule has 2 aromatic heterocycles. The predicted molar refractivity (Wildman–Crippen MR) is 105 cm³/mol. The Morgan fingerprint density at radius 3 is 2.89 bits per heavy atom. The topological polar surface area (TPSA) is 67.0 Å². The third-order valence-corrected chi connectivity index (χ3v) is 4.59. The summed E-state index contributed by atoms with van der Waals surface area (Å²) in [6.07, 6.45) is 3.88. The molecule has 0 fully saturated rings. The number of hydrogen-bond donors (Lipinski definition) is 2. The number of aliphatic imine (C=N–C) groups is 1. The molecule has 1 aliphatic rings. The third kappa shape index (κ3) is 3.76. The normalized spacial score (nSPS) is 13.8. The molecule has 0 aliphatic carbocycles. The molecule has 0 saturated carbocycles. The van der Waals surface area contributed by atoms with Gasteiger partial charge >= 0.3 is 0 Å². The van der Waals surface area contributed by atoms with Gasteiger partial charge in [-0.25, -0.2) is 15.0 Å². The Balaban J connectivity index is 1.38. The average molecular weight is 363 g/mol. The minimum absolute atomic E-state index is 0.512. The van der Waals surface area contributed by atoms with Gasteiger partial charge in [0.05, 0.1) is 19.8 Å². The van der Waals surface area contributed by atoms with E-state index < -0.39 is 0 Å². The van der Waals surface area contributed by atoms with Crippen LogP contribution in [0, 0.1) is 6.92 Å². The SMILES string of the molecule is Cc1cccc2n(C)c(COc3ccc(/C=N/NC4=NCCN4)cc3)c[n+]12. The number of imidazole rings is 1. The summed E-state index contributed by atoms with van der Waals surface area (Å²) >= 11 is 0. The molecule has 0 radical (unpaired) electrons. The van der Waals surface area contributed by atoms with Crippen LogP contribution in [0.1, 0.15) is 17.0 Å². The van der Waals surface area contributed by atoms with Crippen LogP contribution in [0.25, 0.3) is 5.65 Å². The fourth-order valence-corrected chi connectivity index (χ4v) is 3.02. The number of fused-ring (bicyclic) bond motifs is 1. The Hall–Kier alpha value is -3.35. The van der Waals surface area contributed by atoms with Crippen molar-refractivity contribution in [2.24, 2.45) is 17.1 Å². The number of hydrazone groups is 1. The van der Waals surface area contributed by atoms with Crippen LogP contribution in [0.5, 0.6) is 5.75 Å². The van der Waals surface area contributed by atoms with Gasteiger partial charge in [-0.15, -0.1) is 0 Å². The van der Waals surface area contributed by atoms with E-state index in [0.29, 0.717) is 12.6 Å². The van der Waals surface area contributed by atoms with Crippen LogP contribution in [0.2, 0.25) is 0 Å². The number of aryl methyl sites for hydroxylation is 2. The number of guanidine groups is 1. The van der Waals surface area contributed by atoms with Crippen LogP contribution in [-0.4, -0.2) is 29.8 Å². The molecule has 3 aromatic rings. The summed E-state index contributed by atoms with van der Waals surface area (Å²) in [7, 11) is 2.06. The predicted octanol–water partition coefficient (Wildman–Crippen LogP) is 1.53. The molecule has 3 heterocycles. The van der Waals surface area contributed by atoms with Crippen molar-refractivity contribution in [1.82, 2.24) is 15.3 Å². The van der Waals surface area contributed by atoms with E-state index in [9.17, 15) is 0 Å². The highest BCUT2D eigenvalue weighted by Crippen LogP contribution is 2.14. The smallest absolute Gasteiger partial charge is 0.286 e. The molecule has 0 saturated heterocycles. The van der Waals surface area contributed by atoms with Gasteiger partial charge < -0.3 is 10.1 Å². The first-order valence-electron chi connectivity index (χ1n) is 8.96. The van der Waals surface area contributed by atoms with Crippen molar-refractivity contribution < 1.29 is 9.14 Å². The summed E-state index contributed by atoms with van der Waals surface area (Å²) in [5, 5.41) is 7.28. The van der Waals surface area contributed by atoms with Crippen molar-refractivity contribution in [3.05, 3.63) is 65.6 Å². The van der Waals surface area contributed by atoms with Crippen LogP contribution in [0.4, 0.5) is 0 Å². The lowest BCUT2D eigenvalue weighted by Gasteiger charge is -2.04. The molecule has 27 heavy (non-hydrogen) atoms. The second-order valence-electron chi connectivity index (χ2n) is 6.46. The molecule has 4 rings (SSSR count). The number of nitrogens with one attached hydrogen (secondary N) is 2. The molecule has 1 aliphatic heterocycles. The Kier molecular flexibility index (Phi) is 4.74. The van der Waals surface area contributed by atoms with Gasteiger partial charge in [0.1, 0.15) is 17.6 Å². The molecule has 0 spiro atoms. The van der Waals surface area contributed by atoms with Gasteiger partial charge in [0.2, 0.25) is 5.96 Å². The van der Waals surface area contributed by atoms with Crippen LogP contribution >= 0.6 is 0 Å². The Bertz CT molecular complexity index is 1000. The Morgan fingerprint density at radius 1 is 1.30 bits per heavy atom. The first kappa shape index (κ1) is 17.1. The second-order valence-corrected chi connectivity index (χ2v) is 6.46. The van der Waals surface area contributed by atoms with E-state index in [1.165, 1.54) is 5.69 Å². The lowest BCUT2D eigenvalue weighted by atomic mass is 10.2. The Morgan fingerprint density at radius 2 is 2.15 bits per heavy atom. The van der Waals surface area contributed by atoms with E-state index in [1.54, 1.807) is 6.21 Å². The largest absolute Gasteiger partial charge is 0.485 e. The first-order valence-corrected chi connectivity index (χ1v) is 8.96. The van der Waals surface area contributed by atoms with Crippen LogP contribution in [0.15, 0.2) is 58.8 Å². The van der Waals surface area contributed by atoms with E-state index in [4.69, 9.17) is 4.74 Å². The number of nitrogens with zero attached hydrogens (tertiary/aromatic N) is 4. The minimum Gasteiger partial charge on any atom is -0.485 e. The number of ether oxygens (including phenoxy) is 1. The molecule has 0 atom stereocenters. The zero-order chi connectivity index (χ0) is 18.6. The van der Waals surface area contributed by atoms with E-state index >= 15 is 0 Å². The van der Waals surface area contributed by atoms with E-state index in [-0.39, 0.29) is 0 Å². The first-order chi connectivity index (χ1) is 13.2.